The van der Waals surface area contributed by atoms with Gasteiger partial charge in [-0.15, -0.1) is 0 Å². The van der Waals surface area contributed by atoms with Crippen LogP contribution in [0.4, 0.5) is 0 Å². The summed E-state index contributed by atoms with van der Waals surface area (Å²) in [4.78, 5) is 9.65. The molecule has 34 heavy (non-hydrogen) atoms. The van der Waals surface area contributed by atoms with Crippen LogP contribution in [0, 0.1) is 0 Å². The van der Waals surface area contributed by atoms with Gasteiger partial charge >= 0.3 is 0 Å². The van der Waals surface area contributed by atoms with Gasteiger partial charge in [0.05, 0.1) is 11.4 Å². The SMILES string of the molecule is Oc1ccccc1C(=NCCCN=C(c1ccccc1)c1ccccc1O)c1ccccc1.[Ti]. The van der Waals surface area contributed by atoms with Crippen molar-refractivity contribution in [1.82, 2.24) is 0 Å². The largest absolute Gasteiger partial charge is 0.507 e. The van der Waals surface area contributed by atoms with Crippen molar-refractivity contribution in [2.75, 3.05) is 13.1 Å². The molecule has 0 saturated carbocycles. The van der Waals surface area contributed by atoms with Crippen molar-refractivity contribution in [3.8, 4) is 11.5 Å². The molecule has 0 aliphatic rings. The van der Waals surface area contributed by atoms with Crippen LogP contribution in [-0.4, -0.2) is 34.7 Å². The molecule has 168 valence electrons. The van der Waals surface area contributed by atoms with Gasteiger partial charge in [-0.25, -0.2) is 0 Å². The second kappa shape index (κ2) is 12.7. The zero-order valence-electron chi connectivity index (χ0n) is 18.8. The number of para-hydroxylation sites is 2. The third kappa shape index (κ3) is 6.31. The quantitative estimate of drug-likeness (QED) is 0.188. The predicted molar refractivity (Wildman–Crippen MR) is 135 cm³/mol. The maximum Gasteiger partial charge on any atom is 0.124 e. The molecule has 4 aromatic rings. The normalized spacial score (nSPS) is 11.6. The molecule has 4 aromatic carbocycles. The minimum Gasteiger partial charge on any atom is -0.507 e. The van der Waals surface area contributed by atoms with Crippen LogP contribution in [0.5, 0.6) is 11.5 Å². The Balaban J connectivity index is 0.00000324. The van der Waals surface area contributed by atoms with Gasteiger partial charge in [-0.1, -0.05) is 84.9 Å². The van der Waals surface area contributed by atoms with Gasteiger partial charge in [0.25, 0.3) is 0 Å². The van der Waals surface area contributed by atoms with E-state index < -0.39 is 0 Å². The fourth-order valence-electron chi connectivity index (χ4n) is 3.66. The van der Waals surface area contributed by atoms with Gasteiger partial charge in [-0.05, 0) is 30.7 Å². The predicted octanol–water partition coefficient (Wildman–Crippen LogP) is 5.86. The Morgan fingerprint density at radius 1 is 0.500 bits per heavy atom. The molecular formula is C29H26N2O2Ti. The van der Waals surface area contributed by atoms with E-state index in [9.17, 15) is 10.2 Å². The Labute approximate surface area is 215 Å². The van der Waals surface area contributed by atoms with Crippen molar-refractivity contribution >= 4 is 11.4 Å². The van der Waals surface area contributed by atoms with Crippen LogP contribution in [0.3, 0.4) is 0 Å². The van der Waals surface area contributed by atoms with E-state index in [2.05, 4.69) is 0 Å². The van der Waals surface area contributed by atoms with Crippen molar-refractivity contribution in [1.29, 1.82) is 0 Å². The summed E-state index contributed by atoms with van der Waals surface area (Å²) in [5.74, 6) is 0.424. The number of rotatable bonds is 8. The molecule has 0 bridgehead atoms. The van der Waals surface area contributed by atoms with Crippen LogP contribution in [0.25, 0.3) is 0 Å². The molecule has 0 aliphatic heterocycles. The van der Waals surface area contributed by atoms with Crippen molar-refractivity contribution in [2.24, 2.45) is 9.98 Å². The van der Waals surface area contributed by atoms with Gasteiger partial charge in [0.2, 0.25) is 0 Å². The number of nitrogens with zero attached hydrogens (tertiary/aromatic N) is 2. The molecule has 0 aliphatic carbocycles. The number of aliphatic imine (C=N–C) groups is 2. The van der Waals surface area contributed by atoms with Gasteiger partial charge in [-0.3, -0.25) is 9.98 Å². The fourth-order valence-corrected chi connectivity index (χ4v) is 3.66. The number of benzene rings is 4. The van der Waals surface area contributed by atoms with E-state index in [1.54, 1.807) is 24.3 Å². The zero-order chi connectivity index (χ0) is 22.9. The third-order valence-electron chi connectivity index (χ3n) is 5.27. The molecule has 2 N–H and O–H groups in total. The second-order valence-electron chi connectivity index (χ2n) is 7.58. The number of aromatic hydroxyl groups is 2. The molecule has 0 saturated heterocycles. The summed E-state index contributed by atoms with van der Waals surface area (Å²) in [5.41, 5.74) is 4.88. The summed E-state index contributed by atoms with van der Waals surface area (Å²) in [6, 6.07) is 34.3. The Morgan fingerprint density at radius 3 is 1.24 bits per heavy atom. The molecular weight excluding hydrogens is 456 g/mol. The average Bonchev–Trinajstić information content (AvgIpc) is 2.86. The Kier molecular flexibility index (Phi) is 9.39. The first-order valence-electron chi connectivity index (χ1n) is 11.0. The molecule has 4 nitrogen and oxygen atoms in total. The molecule has 5 heteroatoms. The number of hydrogen-bond acceptors (Lipinski definition) is 4. The maximum absolute atomic E-state index is 10.4. The topological polar surface area (TPSA) is 65.2 Å². The second-order valence-corrected chi connectivity index (χ2v) is 7.58. The van der Waals surface area contributed by atoms with Crippen LogP contribution in [0.1, 0.15) is 28.7 Å². The molecule has 0 amide bonds. The fraction of sp³-hybridized carbons (Fsp3) is 0.103. The smallest absolute Gasteiger partial charge is 0.124 e. The zero-order valence-corrected chi connectivity index (χ0v) is 20.4. The van der Waals surface area contributed by atoms with Gasteiger partial charge in [0.1, 0.15) is 11.5 Å². The summed E-state index contributed by atoms with van der Waals surface area (Å²) >= 11 is 0. The molecule has 4 rings (SSSR count). The molecule has 0 radical (unpaired) electrons. The van der Waals surface area contributed by atoms with Crippen molar-refractivity contribution in [3.63, 3.8) is 0 Å². The minimum absolute atomic E-state index is 0. The van der Waals surface area contributed by atoms with E-state index in [0.29, 0.717) is 24.2 Å². The van der Waals surface area contributed by atoms with Crippen LogP contribution >= 0.6 is 0 Å². The van der Waals surface area contributed by atoms with Crippen molar-refractivity contribution in [2.45, 2.75) is 6.42 Å². The standard InChI is InChI=1S/C29H26N2O2.Ti/c32-26-18-9-7-16-24(26)28(22-12-3-1-4-13-22)30-20-11-21-31-29(23-14-5-2-6-15-23)25-17-8-10-19-27(25)33;/h1-10,12-19,32-33H,11,20-21H2;. The number of phenols is 2. The summed E-state index contributed by atoms with van der Waals surface area (Å²) in [6.07, 6.45) is 0.730. The molecule has 0 unspecified atom stereocenters. The van der Waals surface area contributed by atoms with Crippen LogP contribution in [0.15, 0.2) is 119 Å². The molecule has 0 aromatic heterocycles. The summed E-state index contributed by atoms with van der Waals surface area (Å²) in [7, 11) is 0. The molecule has 0 fully saturated rings. The van der Waals surface area contributed by atoms with E-state index >= 15 is 0 Å². The van der Waals surface area contributed by atoms with Gasteiger partial charge in [0.15, 0.2) is 0 Å². The number of hydrogen-bond donors (Lipinski definition) is 2. The van der Waals surface area contributed by atoms with Gasteiger partial charge in [-0.2, -0.15) is 0 Å². The minimum atomic E-state index is 0. The van der Waals surface area contributed by atoms with E-state index in [0.717, 1.165) is 29.0 Å². The molecule has 0 atom stereocenters. The van der Waals surface area contributed by atoms with Gasteiger partial charge in [0, 0.05) is 57.1 Å². The van der Waals surface area contributed by atoms with E-state index in [1.807, 2.05) is 84.9 Å². The first-order chi connectivity index (χ1) is 16.2. The first kappa shape index (κ1) is 25.2. The number of phenolic OH excluding ortho intramolecular Hbond substituents is 2. The van der Waals surface area contributed by atoms with Crippen LogP contribution in [0.2, 0.25) is 0 Å². The van der Waals surface area contributed by atoms with E-state index in [-0.39, 0.29) is 33.2 Å². The Bertz CT molecular complexity index is 1160. The van der Waals surface area contributed by atoms with Crippen molar-refractivity contribution in [3.05, 3.63) is 131 Å². The van der Waals surface area contributed by atoms with Gasteiger partial charge < -0.3 is 10.2 Å². The van der Waals surface area contributed by atoms with Crippen LogP contribution < -0.4 is 0 Å². The first-order valence-corrected chi connectivity index (χ1v) is 11.0. The maximum atomic E-state index is 10.4. The Morgan fingerprint density at radius 2 is 0.853 bits per heavy atom. The van der Waals surface area contributed by atoms with Crippen molar-refractivity contribution < 1.29 is 31.9 Å². The Hall–Kier alpha value is -3.47. The summed E-state index contributed by atoms with van der Waals surface area (Å²) in [5, 5.41) is 20.7. The molecule has 0 heterocycles. The summed E-state index contributed by atoms with van der Waals surface area (Å²) in [6.45, 7) is 1.12. The van der Waals surface area contributed by atoms with Crippen LogP contribution in [-0.2, 0) is 21.7 Å². The summed E-state index contributed by atoms with van der Waals surface area (Å²) < 4.78 is 0. The average molecular weight is 482 g/mol. The molecule has 0 spiro atoms. The van der Waals surface area contributed by atoms with E-state index in [4.69, 9.17) is 9.98 Å². The monoisotopic (exact) mass is 482 g/mol. The van der Waals surface area contributed by atoms with E-state index in [1.165, 1.54) is 0 Å². The third-order valence-corrected chi connectivity index (χ3v) is 5.27.